The first-order valence-corrected chi connectivity index (χ1v) is 6.75. The van der Waals surface area contributed by atoms with Crippen LogP contribution in [0.25, 0.3) is 0 Å². The Balaban J connectivity index is 2.36. The van der Waals surface area contributed by atoms with E-state index in [1.165, 1.54) is 6.07 Å². The van der Waals surface area contributed by atoms with Crippen molar-refractivity contribution < 1.29 is 14.4 Å². The lowest BCUT2D eigenvalue weighted by Crippen LogP contribution is -2.34. The van der Waals surface area contributed by atoms with E-state index in [0.29, 0.717) is 12.1 Å². The maximum Gasteiger partial charge on any atom is 0.488 e. The second kappa shape index (κ2) is 6.20. The third-order valence-corrected chi connectivity index (χ3v) is 3.34. The molecule has 0 unspecified atom stereocenters. The molecular formula is C14H18BFN2O2. The van der Waals surface area contributed by atoms with Crippen LogP contribution in [-0.2, 0) is 19.4 Å². The minimum absolute atomic E-state index is 0.181. The summed E-state index contributed by atoms with van der Waals surface area (Å²) in [7, 11) is -1.69. The summed E-state index contributed by atoms with van der Waals surface area (Å²) in [6.45, 7) is 4.47. The smallest absolute Gasteiger partial charge is 0.423 e. The van der Waals surface area contributed by atoms with Gasteiger partial charge < -0.3 is 10.0 Å². The molecule has 2 rings (SSSR count). The Morgan fingerprint density at radius 1 is 1.20 bits per heavy atom. The molecule has 0 saturated carbocycles. The summed E-state index contributed by atoms with van der Waals surface area (Å²) in [4.78, 5) is 0. The minimum atomic E-state index is -1.69. The van der Waals surface area contributed by atoms with Crippen LogP contribution >= 0.6 is 0 Å². The molecule has 0 atom stereocenters. The van der Waals surface area contributed by atoms with Crippen LogP contribution in [0, 0.1) is 5.82 Å². The fraction of sp³-hybridized carbons (Fsp3) is 0.357. The Morgan fingerprint density at radius 3 is 2.55 bits per heavy atom. The second-order valence-electron chi connectivity index (χ2n) is 4.71. The lowest BCUT2D eigenvalue weighted by Gasteiger charge is -2.11. The highest BCUT2D eigenvalue weighted by Gasteiger charge is 2.18. The highest BCUT2D eigenvalue weighted by atomic mass is 19.1. The molecule has 1 heterocycles. The molecule has 2 N–H and O–H groups in total. The molecule has 1 aromatic heterocycles. The van der Waals surface area contributed by atoms with Gasteiger partial charge >= 0.3 is 7.12 Å². The molecule has 2 aromatic rings. The highest BCUT2D eigenvalue weighted by molar-refractivity contribution is 6.59. The van der Waals surface area contributed by atoms with Crippen LogP contribution in [0.4, 0.5) is 4.39 Å². The fourth-order valence-corrected chi connectivity index (χ4v) is 2.22. The monoisotopic (exact) mass is 276 g/mol. The summed E-state index contributed by atoms with van der Waals surface area (Å²) in [5, 5.41) is 23.2. The number of nitrogens with zero attached hydrogens (tertiary/aromatic N) is 2. The van der Waals surface area contributed by atoms with E-state index in [0.717, 1.165) is 30.3 Å². The quantitative estimate of drug-likeness (QED) is 0.797. The average Bonchev–Trinajstić information content (AvgIpc) is 2.82. The Hall–Kier alpha value is -1.66. The zero-order valence-corrected chi connectivity index (χ0v) is 11.7. The number of aromatic nitrogens is 2. The van der Waals surface area contributed by atoms with Gasteiger partial charge in [-0.3, -0.25) is 4.68 Å². The number of aryl methyl sites for hydroxylation is 2. The number of rotatable bonds is 5. The van der Waals surface area contributed by atoms with E-state index in [1.807, 2.05) is 24.6 Å². The molecule has 0 aliphatic carbocycles. The van der Waals surface area contributed by atoms with E-state index in [1.54, 1.807) is 6.07 Å². The van der Waals surface area contributed by atoms with Gasteiger partial charge in [0.1, 0.15) is 5.82 Å². The largest absolute Gasteiger partial charge is 0.488 e. The normalized spacial score (nSPS) is 10.8. The third-order valence-electron chi connectivity index (χ3n) is 3.34. The molecule has 106 valence electrons. The van der Waals surface area contributed by atoms with Crippen molar-refractivity contribution >= 4 is 12.6 Å². The van der Waals surface area contributed by atoms with Crippen LogP contribution < -0.4 is 5.46 Å². The van der Waals surface area contributed by atoms with E-state index in [-0.39, 0.29) is 5.46 Å². The van der Waals surface area contributed by atoms with Gasteiger partial charge in [0.05, 0.1) is 12.2 Å². The van der Waals surface area contributed by atoms with Crippen molar-refractivity contribution in [2.24, 2.45) is 0 Å². The van der Waals surface area contributed by atoms with E-state index >= 15 is 0 Å². The molecule has 0 saturated heterocycles. The third kappa shape index (κ3) is 3.08. The van der Waals surface area contributed by atoms with Crippen LogP contribution in [0.5, 0.6) is 0 Å². The van der Waals surface area contributed by atoms with Crippen LogP contribution in [0.3, 0.4) is 0 Å². The highest BCUT2D eigenvalue weighted by Crippen LogP contribution is 2.10. The molecule has 0 bridgehead atoms. The van der Waals surface area contributed by atoms with E-state index in [4.69, 9.17) is 0 Å². The van der Waals surface area contributed by atoms with Crippen molar-refractivity contribution in [3.63, 3.8) is 0 Å². The summed E-state index contributed by atoms with van der Waals surface area (Å²) in [6.07, 6.45) is 1.68. The SMILES string of the molecule is CCc1cc(CC)n(Cc2ccc(F)cc2B(O)O)n1. The van der Waals surface area contributed by atoms with Gasteiger partial charge in [-0.2, -0.15) is 5.10 Å². The number of benzene rings is 1. The molecule has 20 heavy (non-hydrogen) atoms. The van der Waals surface area contributed by atoms with Crippen molar-refractivity contribution in [1.29, 1.82) is 0 Å². The lowest BCUT2D eigenvalue weighted by atomic mass is 9.77. The van der Waals surface area contributed by atoms with E-state index in [9.17, 15) is 14.4 Å². The van der Waals surface area contributed by atoms with Gasteiger partial charge in [0, 0.05) is 5.69 Å². The lowest BCUT2D eigenvalue weighted by molar-refractivity contribution is 0.424. The first-order chi connectivity index (χ1) is 9.55. The first kappa shape index (κ1) is 14.7. The molecule has 0 radical (unpaired) electrons. The van der Waals surface area contributed by atoms with Gasteiger partial charge in [-0.1, -0.05) is 19.9 Å². The molecule has 0 aliphatic heterocycles. The molecule has 6 heteroatoms. The topological polar surface area (TPSA) is 58.3 Å². The van der Waals surface area contributed by atoms with Gasteiger partial charge in [-0.15, -0.1) is 0 Å². The second-order valence-corrected chi connectivity index (χ2v) is 4.71. The summed E-state index contributed by atoms with van der Waals surface area (Å²) in [6, 6.07) is 6.07. The van der Waals surface area contributed by atoms with E-state index < -0.39 is 12.9 Å². The van der Waals surface area contributed by atoms with E-state index in [2.05, 4.69) is 5.10 Å². The van der Waals surface area contributed by atoms with Gasteiger partial charge in [-0.25, -0.2) is 4.39 Å². The standard InChI is InChI=1S/C14H18BFN2O2/c1-3-12-8-13(4-2)18(17-12)9-10-5-6-11(16)7-14(10)15(19)20/h5-8,19-20H,3-4,9H2,1-2H3. The molecular weight excluding hydrogens is 258 g/mol. The molecule has 0 fully saturated rings. The predicted octanol–water partition coefficient (Wildman–Crippen LogP) is 0.875. The number of halogens is 1. The summed E-state index contributed by atoms with van der Waals surface area (Å²) in [5.74, 6) is -0.484. The van der Waals surface area contributed by atoms with Crippen molar-refractivity contribution in [3.8, 4) is 0 Å². The number of hydrogen-bond acceptors (Lipinski definition) is 3. The fourth-order valence-electron chi connectivity index (χ4n) is 2.22. The molecule has 0 amide bonds. The van der Waals surface area contributed by atoms with Crippen molar-refractivity contribution in [2.75, 3.05) is 0 Å². The van der Waals surface area contributed by atoms with Crippen LogP contribution in [0.2, 0.25) is 0 Å². The van der Waals surface area contributed by atoms with Gasteiger partial charge in [0.15, 0.2) is 0 Å². The van der Waals surface area contributed by atoms with Crippen molar-refractivity contribution in [1.82, 2.24) is 9.78 Å². The average molecular weight is 276 g/mol. The summed E-state index contributed by atoms with van der Waals surface area (Å²) >= 11 is 0. The molecule has 0 aliphatic rings. The van der Waals surface area contributed by atoms with Crippen molar-refractivity contribution in [2.45, 2.75) is 33.2 Å². The molecule has 0 spiro atoms. The summed E-state index contributed by atoms with van der Waals surface area (Å²) < 4.78 is 15.0. The van der Waals surface area contributed by atoms with Gasteiger partial charge in [0.25, 0.3) is 0 Å². The van der Waals surface area contributed by atoms with Crippen LogP contribution in [0.1, 0.15) is 30.8 Å². The van der Waals surface area contributed by atoms with Gasteiger partial charge in [0.2, 0.25) is 0 Å². The maximum absolute atomic E-state index is 13.2. The Labute approximate surface area is 118 Å². The zero-order chi connectivity index (χ0) is 14.7. The van der Waals surface area contributed by atoms with Crippen LogP contribution in [0.15, 0.2) is 24.3 Å². The number of hydrogen-bond donors (Lipinski definition) is 2. The Kier molecular flexibility index (Phi) is 4.57. The predicted molar refractivity (Wildman–Crippen MR) is 76.3 cm³/mol. The molecule has 1 aromatic carbocycles. The van der Waals surface area contributed by atoms with Crippen LogP contribution in [-0.4, -0.2) is 26.9 Å². The first-order valence-electron chi connectivity index (χ1n) is 6.75. The minimum Gasteiger partial charge on any atom is -0.423 e. The maximum atomic E-state index is 13.2. The van der Waals surface area contributed by atoms with Crippen molar-refractivity contribution in [3.05, 3.63) is 47.0 Å². The van der Waals surface area contributed by atoms with Gasteiger partial charge in [-0.05, 0) is 42.1 Å². The summed E-state index contributed by atoms with van der Waals surface area (Å²) in [5.41, 5.74) is 2.90. The zero-order valence-electron chi connectivity index (χ0n) is 11.7. The Bertz CT molecular complexity index is 599. The molecule has 4 nitrogen and oxygen atoms in total. The Morgan fingerprint density at radius 2 is 1.95 bits per heavy atom.